The smallest absolute Gasteiger partial charge is 0.0462 e. The largest absolute Gasteiger partial charge is 0.311 e. The summed E-state index contributed by atoms with van der Waals surface area (Å²) in [7, 11) is 0. The first-order valence-corrected chi connectivity index (χ1v) is 15.2. The van der Waals surface area contributed by atoms with Gasteiger partial charge in [-0.3, -0.25) is 0 Å². The van der Waals surface area contributed by atoms with Crippen LogP contribution in [0.5, 0.6) is 0 Å². The van der Waals surface area contributed by atoms with Gasteiger partial charge in [-0.25, -0.2) is 0 Å². The second-order valence-electron chi connectivity index (χ2n) is 11.4. The Labute approximate surface area is 259 Å². The summed E-state index contributed by atoms with van der Waals surface area (Å²) >= 11 is 0. The minimum absolute atomic E-state index is 0.983. The molecule has 8 rings (SSSR count). The van der Waals surface area contributed by atoms with Gasteiger partial charge in [-0.1, -0.05) is 121 Å². The van der Waals surface area contributed by atoms with Crippen LogP contribution < -0.4 is 4.90 Å². The second-order valence-corrected chi connectivity index (χ2v) is 11.4. The Morgan fingerprint density at radius 3 is 1.25 bits per heavy atom. The molecular formula is C43H31N. The molecule has 1 nitrogen and oxygen atoms in total. The minimum Gasteiger partial charge on any atom is -0.311 e. The quantitative estimate of drug-likeness (QED) is 0.195. The van der Waals surface area contributed by atoms with Crippen LogP contribution in [0.15, 0.2) is 176 Å². The Bertz CT molecular complexity index is 2020. The van der Waals surface area contributed by atoms with E-state index in [1.54, 1.807) is 0 Å². The van der Waals surface area contributed by atoms with Gasteiger partial charge in [0.05, 0.1) is 0 Å². The van der Waals surface area contributed by atoms with E-state index < -0.39 is 0 Å². The van der Waals surface area contributed by atoms with E-state index in [0.717, 1.165) is 23.5 Å². The van der Waals surface area contributed by atoms with Gasteiger partial charge in [0.2, 0.25) is 0 Å². The average Bonchev–Trinajstić information content (AvgIpc) is 3.47. The van der Waals surface area contributed by atoms with Crippen molar-refractivity contribution in [3.05, 3.63) is 187 Å². The molecular weight excluding hydrogens is 530 g/mol. The fraction of sp³-hybridized carbons (Fsp3) is 0.0233. The standard InChI is InChI=1S/C43H31N/c1-4-11-31(12-5-1)33-13-10-14-34(27-33)36-20-22-38-28-37-21-19-35(29-42(37)43(38)30-36)32-23-25-41(26-24-32)44(39-15-6-2-7-16-39)40-17-8-3-9-18-40/h1-27,29-30H,28H2. The third-order valence-corrected chi connectivity index (χ3v) is 8.68. The van der Waals surface area contributed by atoms with E-state index in [0.29, 0.717) is 0 Å². The SMILES string of the molecule is c1ccc(-c2cccc(-c3ccc4c(c3)-c3cc(-c5ccc(N(c6ccccc6)c6ccccc6)cc5)ccc3C4)c2)cc1. The Hall–Kier alpha value is -5.66. The van der Waals surface area contributed by atoms with E-state index in [1.807, 2.05) is 0 Å². The van der Waals surface area contributed by atoms with E-state index in [-0.39, 0.29) is 0 Å². The first kappa shape index (κ1) is 26.0. The van der Waals surface area contributed by atoms with Gasteiger partial charge in [-0.05, 0) is 117 Å². The Morgan fingerprint density at radius 2 is 0.682 bits per heavy atom. The van der Waals surface area contributed by atoms with Crippen LogP contribution in [0.3, 0.4) is 0 Å². The lowest BCUT2D eigenvalue weighted by Gasteiger charge is -2.25. The molecule has 1 aliphatic carbocycles. The Kier molecular flexibility index (Phi) is 6.62. The van der Waals surface area contributed by atoms with Crippen LogP contribution in [-0.4, -0.2) is 0 Å². The van der Waals surface area contributed by atoms with Crippen molar-refractivity contribution in [1.29, 1.82) is 0 Å². The van der Waals surface area contributed by atoms with Crippen LogP contribution in [-0.2, 0) is 6.42 Å². The third kappa shape index (κ3) is 4.89. The predicted octanol–water partition coefficient (Wildman–Crippen LogP) is 11.7. The van der Waals surface area contributed by atoms with E-state index in [1.165, 1.54) is 55.6 Å². The minimum atomic E-state index is 0.983. The lowest BCUT2D eigenvalue weighted by atomic mass is 9.95. The van der Waals surface area contributed by atoms with Gasteiger partial charge in [-0.15, -0.1) is 0 Å². The summed E-state index contributed by atoms with van der Waals surface area (Å²) in [4.78, 5) is 2.30. The number of hydrogen-bond donors (Lipinski definition) is 0. The third-order valence-electron chi connectivity index (χ3n) is 8.68. The fourth-order valence-electron chi connectivity index (χ4n) is 6.44. The van der Waals surface area contributed by atoms with Crippen LogP contribution in [0.1, 0.15) is 11.1 Å². The maximum Gasteiger partial charge on any atom is 0.0462 e. The molecule has 1 heteroatoms. The molecule has 0 aromatic heterocycles. The van der Waals surface area contributed by atoms with Crippen LogP contribution in [0.2, 0.25) is 0 Å². The zero-order valence-electron chi connectivity index (χ0n) is 24.4. The number of benzene rings is 7. The molecule has 0 saturated heterocycles. The van der Waals surface area contributed by atoms with Crippen molar-refractivity contribution in [2.75, 3.05) is 4.90 Å². The van der Waals surface area contributed by atoms with Gasteiger partial charge in [0.1, 0.15) is 0 Å². The van der Waals surface area contributed by atoms with E-state index in [9.17, 15) is 0 Å². The predicted molar refractivity (Wildman–Crippen MR) is 186 cm³/mol. The molecule has 1 aliphatic rings. The zero-order valence-corrected chi connectivity index (χ0v) is 24.4. The number of para-hydroxylation sites is 2. The maximum absolute atomic E-state index is 2.38. The monoisotopic (exact) mass is 561 g/mol. The topological polar surface area (TPSA) is 3.24 Å². The second kappa shape index (κ2) is 11.2. The summed E-state index contributed by atoms with van der Waals surface area (Å²) in [6.07, 6.45) is 0.983. The molecule has 7 aromatic carbocycles. The first-order chi connectivity index (χ1) is 21.8. The highest BCUT2D eigenvalue weighted by atomic mass is 15.1. The Balaban J connectivity index is 1.12. The van der Waals surface area contributed by atoms with Crippen LogP contribution >= 0.6 is 0 Å². The van der Waals surface area contributed by atoms with Crippen molar-refractivity contribution in [2.45, 2.75) is 6.42 Å². The van der Waals surface area contributed by atoms with E-state index in [2.05, 4.69) is 181 Å². The zero-order chi connectivity index (χ0) is 29.3. The number of nitrogens with zero attached hydrogens (tertiary/aromatic N) is 1. The van der Waals surface area contributed by atoms with Crippen molar-refractivity contribution < 1.29 is 0 Å². The molecule has 0 unspecified atom stereocenters. The summed E-state index contributed by atoms with van der Waals surface area (Å²) in [6.45, 7) is 0. The average molecular weight is 562 g/mol. The van der Waals surface area contributed by atoms with Gasteiger partial charge in [0.15, 0.2) is 0 Å². The highest BCUT2D eigenvalue weighted by Crippen LogP contribution is 2.42. The van der Waals surface area contributed by atoms with E-state index in [4.69, 9.17) is 0 Å². The van der Waals surface area contributed by atoms with Crippen molar-refractivity contribution in [2.24, 2.45) is 0 Å². The van der Waals surface area contributed by atoms with Gasteiger partial charge in [-0.2, -0.15) is 0 Å². The van der Waals surface area contributed by atoms with Crippen LogP contribution in [0.25, 0.3) is 44.5 Å². The molecule has 0 atom stereocenters. The molecule has 0 saturated carbocycles. The summed E-state index contributed by atoms with van der Waals surface area (Å²) in [6, 6.07) is 63.5. The van der Waals surface area contributed by atoms with Crippen LogP contribution in [0, 0.1) is 0 Å². The number of anilines is 3. The number of fused-ring (bicyclic) bond motifs is 3. The molecule has 0 aliphatic heterocycles. The normalized spacial score (nSPS) is 11.5. The molecule has 0 heterocycles. The molecule has 7 aromatic rings. The lowest BCUT2D eigenvalue weighted by molar-refractivity contribution is 1.26. The fourth-order valence-corrected chi connectivity index (χ4v) is 6.44. The lowest BCUT2D eigenvalue weighted by Crippen LogP contribution is -2.09. The summed E-state index contributed by atoms with van der Waals surface area (Å²) < 4.78 is 0. The molecule has 44 heavy (non-hydrogen) atoms. The molecule has 208 valence electrons. The van der Waals surface area contributed by atoms with Crippen molar-refractivity contribution in [1.82, 2.24) is 0 Å². The molecule has 0 amide bonds. The van der Waals surface area contributed by atoms with E-state index >= 15 is 0 Å². The molecule has 0 bridgehead atoms. The highest BCUT2D eigenvalue weighted by Gasteiger charge is 2.20. The van der Waals surface area contributed by atoms with Gasteiger partial charge >= 0.3 is 0 Å². The maximum atomic E-state index is 2.38. The molecule has 0 fully saturated rings. The van der Waals surface area contributed by atoms with Gasteiger partial charge in [0.25, 0.3) is 0 Å². The van der Waals surface area contributed by atoms with Crippen molar-refractivity contribution in [3.8, 4) is 44.5 Å². The summed E-state index contributed by atoms with van der Waals surface area (Å²) in [5, 5.41) is 0. The molecule has 0 N–H and O–H groups in total. The van der Waals surface area contributed by atoms with Crippen LogP contribution in [0.4, 0.5) is 17.1 Å². The van der Waals surface area contributed by atoms with Crippen molar-refractivity contribution >= 4 is 17.1 Å². The number of hydrogen-bond acceptors (Lipinski definition) is 1. The number of rotatable bonds is 6. The van der Waals surface area contributed by atoms with Crippen molar-refractivity contribution in [3.63, 3.8) is 0 Å². The molecule has 0 radical (unpaired) electrons. The summed E-state index contributed by atoms with van der Waals surface area (Å²) in [5.41, 5.74) is 16.4. The Morgan fingerprint density at radius 1 is 0.295 bits per heavy atom. The first-order valence-electron chi connectivity index (χ1n) is 15.2. The molecule has 0 spiro atoms. The highest BCUT2D eigenvalue weighted by molar-refractivity contribution is 5.86. The van der Waals surface area contributed by atoms with Gasteiger partial charge < -0.3 is 4.90 Å². The van der Waals surface area contributed by atoms with Gasteiger partial charge in [0, 0.05) is 17.1 Å². The summed E-state index contributed by atoms with van der Waals surface area (Å²) in [5.74, 6) is 0.